The van der Waals surface area contributed by atoms with Gasteiger partial charge in [0.15, 0.2) is 0 Å². The molecule has 3 rings (SSSR count). The van der Waals surface area contributed by atoms with Crippen LogP contribution < -0.4 is 4.74 Å². The lowest BCUT2D eigenvalue weighted by Crippen LogP contribution is -2.09. The fourth-order valence-corrected chi connectivity index (χ4v) is 3.09. The number of ether oxygens (including phenoxy) is 1. The van der Waals surface area contributed by atoms with Crippen molar-refractivity contribution in [1.29, 1.82) is 0 Å². The number of halogens is 2. The summed E-state index contributed by atoms with van der Waals surface area (Å²) in [6.45, 7) is 3.52. The SMILES string of the molecule is CCCCCc1ccc(-c2ccc(C(=O)Oc3cc(F)c(C)c(F)c3)cc2)cc1. The Bertz CT molecular complexity index is 954. The molecule has 29 heavy (non-hydrogen) atoms. The average molecular weight is 394 g/mol. The first-order valence-corrected chi connectivity index (χ1v) is 9.85. The van der Waals surface area contributed by atoms with Crippen molar-refractivity contribution in [3.63, 3.8) is 0 Å². The Labute approximate surface area is 170 Å². The molecule has 0 aliphatic rings. The van der Waals surface area contributed by atoms with Gasteiger partial charge in [-0.05, 0) is 48.6 Å². The minimum Gasteiger partial charge on any atom is -0.423 e. The summed E-state index contributed by atoms with van der Waals surface area (Å²) in [5, 5.41) is 0. The molecule has 150 valence electrons. The van der Waals surface area contributed by atoms with Crippen molar-refractivity contribution in [2.24, 2.45) is 0 Å². The van der Waals surface area contributed by atoms with E-state index < -0.39 is 17.6 Å². The molecule has 3 aromatic rings. The maximum Gasteiger partial charge on any atom is 0.343 e. The van der Waals surface area contributed by atoms with Gasteiger partial charge in [0.25, 0.3) is 0 Å². The summed E-state index contributed by atoms with van der Waals surface area (Å²) < 4.78 is 32.3. The lowest BCUT2D eigenvalue weighted by molar-refractivity contribution is 0.0734. The highest BCUT2D eigenvalue weighted by Crippen LogP contribution is 2.23. The van der Waals surface area contributed by atoms with Crippen LogP contribution in [0.2, 0.25) is 0 Å². The second-order valence-electron chi connectivity index (χ2n) is 7.13. The van der Waals surface area contributed by atoms with Gasteiger partial charge >= 0.3 is 5.97 Å². The van der Waals surface area contributed by atoms with Crippen molar-refractivity contribution in [2.75, 3.05) is 0 Å². The molecule has 0 amide bonds. The molecule has 0 saturated carbocycles. The van der Waals surface area contributed by atoms with E-state index >= 15 is 0 Å². The number of hydrogen-bond donors (Lipinski definition) is 0. The van der Waals surface area contributed by atoms with Crippen molar-refractivity contribution in [1.82, 2.24) is 0 Å². The average Bonchev–Trinajstić information content (AvgIpc) is 2.73. The number of aryl methyl sites for hydroxylation is 1. The van der Waals surface area contributed by atoms with Crippen LogP contribution in [0.25, 0.3) is 11.1 Å². The summed E-state index contributed by atoms with van der Waals surface area (Å²) >= 11 is 0. The van der Waals surface area contributed by atoms with Crippen LogP contribution in [0.4, 0.5) is 8.78 Å². The third kappa shape index (κ3) is 5.29. The Kier molecular flexibility index (Phi) is 6.76. The molecule has 3 aromatic carbocycles. The van der Waals surface area contributed by atoms with Gasteiger partial charge in [0.05, 0.1) is 5.56 Å². The predicted molar refractivity (Wildman–Crippen MR) is 111 cm³/mol. The Morgan fingerprint density at radius 1 is 0.862 bits per heavy atom. The standard InChI is InChI=1S/C25H24F2O2/c1-3-4-5-6-18-7-9-19(10-8-18)20-11-13-21(14-12-20)25(28)29-22-15-23(26)17(2)24(27)16-22/h7-16H,3-6H2,1-2H3. The van der Waals surface area contributed by atoms with Crippen LogP contribution in [0, 0.1) is 18.6 Å². The molecule has 0 spiro atoms. The summed E-state index contributed by atoms with van der Waals surface area (Å²) in [5.74, 6) is -2.31. The van der Waals surface area contributed by atoms with Crippen LogP contribution in [0.5, 0.6) is 5.75 Å². The molecule has 0 aromatic heterocycles. The monoisotopic (exact) mass is 394 g/mol. The largest absolute Gasteiger partial charge is 0.423 e. The number of unbranched alkanes of at least 4 members (excludes halogenated alkanes) is 2. The van der Waals surface area contributed by atoms with Crippen molar-refractivity contribution >= 4 is 5.97 Å². The number of rotatable bonds is 7. The van der Waals surface area contributed by atoms with Crippen LogP contribution >= 0.6 is 0 Å². The third-order valence-corrected chi connectivity index (χ3v) is 4.94. The van der Waals surface area contributed by atoms with E-state index in [1.807, 2.05) is 12.1 Å². The summed E-state index contributed by atoms with van der Waals surface area (Å²) in [6.07, 6.45) is 4.72. The van der Waals surface area contributed by atoms with E-state index in [-0.39, 0.29) is 11.3 Å². The zero-order valence-corrected chi connectivity index (χ0v) is 16.7. The Balaban J connectivity index is 1.67. The topological polar surface area (TPSA) is 26.3 Å². The summed E-state index contributed by atoms with van der Waals surface area (Å²) in [4.78, 5) is 12.3. The van der Waals surface area contributed by atoms with E-state index in [4.69, 9.17) is 4.74 Å². The summed E-state index contributed by atoms with van der Waals surface area (Å²) in [6, 6.07) is 17.4. The summed E-state index contributed by atoms with van der Waals surface area (Å²) in [7, 11) is 0. The molecule has 0 fully saturated rings. The highest BCUT2D eigenvalue weighted by molar-refractivity contribution is 5.91. The molecule has 0 radical (unpaired) electrons. The first kappa shape index (κ1) is 20.7. The molecule has 0 atom stereocenters. The van der Waals surface area contributed by atoms with E-state index in [1.165, 1.54) is 31.7 Å². The number of carbonyl (C=O) groups excluding carboxylic acids is 1. The van der Waals surface area contributed by atoms with Gasteiger partial charge in [-0.15, -0.1) is 0 Å². The zero-order chi connectivity index (χ0) is 20.8. The molecule has 0 heterocycles. The van der Waals surface area contributed by atoms with E-state index in [0.29, 0.717) is 5.56 Å². The molecule has 0 aliphatic carbocycles. The first-order valence-electron chi connectivity index (χ1n) is 9.85. The third-order valence-electron chi connectivity index (χ3n) is 4.94. The van der Waals surface area contributed by atoms with Crippen molar-refractivity contribution < 1.29 is 18.3 Å². The minimum absolute atomic E-state index is 0.106. The molecule has 0 aliphatic heterocycles. The first-order chi connectivity index (χ1) is 14.0. The van der Waals surface area contributed by atoms with Crippen molar-refractivity contribution in [2.45, 2.75) is 39.5 Å². The van der Waals surface area contributed by atoms with Crippen molar-refractivity contribution in [3.05, 3.63) is 89.0 Å². The zero-order valence-electron chi connectivity index (χ0n) is 16.7. The molecule has 0 unspecified atom stereocenters. The molecular weight excluding hydrogens is 370 g/mol. The van der Waals surface area contributed by atoms with Crippen molar-refractivity contribution in [3.8, 4) is 16.9 Å². The van der Waals surface area contributed by atoms with Gasteiger partial charge in [0.1, 0.15) is 17.4 Å². The smallest absolute Gasteiger partial charge is 0.343 e. The molecule has 4 heteroatoms. The van der Waals surface area contributed by atoms with E-state index in [0.717, 1.165) is 29.7 Å². The molecule has 0 bridgehead atoms. The fraction of sp³-hybridized carbons (Fsp3) is 0.240. The van der Waals surface area contributed by atoms with Gasteiger partial charge in [-0.3, -0.25) is 0 Å². The number of hydrogen-bond acceptors (Lipinski definition) is 2. The second-order valence-corrected chi connectivity index (χ2v) is 7.13. The Morgan fingerprint density at radius 2 is 1.41 bits per heavy atom. The highest BCUT2D eigenvalue weighted by atomic mass is 19.1. The number of carbonyl (C=O) groups is 1. The van der Waals surface area contributed by atoms with Crippen LogP contribution in [-0.4, -0.2) is 5.97 Å². The highest BCUT2D eigenvalue weighted by Gasteiger charge is 2.13. The number of esters is 1. The van der Waals surface area contributed by atoms with Crippen LogP contribution in [0.3, 0.4) is 0 Å². The van der Waals surface area contributed by atoms with Gasteiger partial charge < -0.3 is 4.74 Å². The molecular formula is C25H24F2O2. The van der Waals surface area contributed by atoms with Gasteiger partial charge in [0, 0.05) is 17.7 Å². The van der Waals surface area contributed by atoms with Gasteiger partial charge in [0.2, 0.25) is 0 Å². The minimum atomic E-state index is -0.749. The second kappa shape index (κ2) is 9.46. The molecule has 0 N–H and O–H groups in total. The maximum atomic E-state index is 13.6. The predicted octanol–water partition coefficient (Wildman–Crippen LogP) is 6.89. The maximum absolute atomic E-state index is 13.6. The molecule has 2 nitrogen and oxygen atoms in total. The normalized spacial score (nSPS) is 10.8. The Morgan fingerprint density at radius 3 is 1.97 bits per heavy atom. The number of benzene rings is 3. The van der Waals surface area contributed by atoms with E-state index in [2.05, 4.69) is 31.2 Å². The lowest BCUT2D eigenvalue weighted by Gasteiger charge is -2.08. The van der Waals surface area contributed by atoms with Crippen LogP contribution in [0.15, 0.2) is 60.7 Å². The quantitative estimate of drug-likeness (QED) is 0.248. The van der Waals surface area contributed by atoms with Gasteiger partial charge in [-0.2, -0.15) is 0 Å². The van der Waals surface area contributed by atoms with E-state index in [9.17, 15) is 13.6 Å². The molecule has 0 saturated heterocycles. The van der Waals surface area contributed by atoms with Gasteiger partial charge in [-0.1, -0.05) is 56.2 Å². The fourth-order valence-electron chi connectivity index (χ4n) is 3.09. The van der Waals surface area contributed by atoms with Gasteiger partial charge in [-0.25, -0.2) is 13.6 Å². The van der Waals surface area contributed by atoms with Crippen LogP contribution in [-0.2, 0) is 6.42 Å². The summed E-state index contributed by atoms with van der Waals surface area (Å²) in [5.41, 5.74) is 3.57. The van der Waals surface area contributed by atoms with Crippen LogP contribution in [0.1, 0.15) is 47.7 Å². The van der Waals surface area contributed by atoms with E-state index in [1.54, 1.807) is 12.1 Å². The Hall–Kier alpha value is -3.01. The lowest BCUT2D eigenvalue weighted by atomic mass is 10.0.